The van der Waals surface area contributed by atoms with E-state index in [9.17, 15) is 4.79 Å². The molecule has 12 heavy (non-hydrogen) atoms. The zero-order valence-corrected chi connectivity index (χ0v) is 8.44. The molecule has 0 unspecified atom stereocenters. The van der Waals surface area contributed by atoms with Crippen molar-refractivity contribution in [1.29, 1.82) is 0 Å². The number of aromatic carboxylic acids is 1. The van der Waals surface area contributed by atoms with Crippen molar-refractivity contribution < 1.29 is 9.90 Å². The van der Waals surface area contributed by atoms with Crippen molar-refractivity contribution in [2.45, 2.75) is 27.2 Å². The average Bonchev–Trinajstić information content (AvgIpc) is 2.55. The van der Waals surface area contributed by atoms with Crippen molar-refractivity contribution >= 4 is 17.3 Å². The van der Waals surface area contributed by atoms with Gasteiger partial charge in [-0.1, -0.05) is 20.8 Å². The Labute approximate surface area is 76.9 Å². The van der Waals surface area contributed by atoms with Gasteiger partial charge in [-0.3, -0.25) is 0 Å². The van der Waals surface area contributed by atoms with Crippen molar-refractivity contribution in [2.24, 2.45) is 0 Å². The van der Waals surface area contributed by atoms with Gasteiger partial charge >= 0.3 is 5.97 Å². The smallest absolute Gasteiger partial charge is 0.336 e. The van der Waals surface area contributed by atoms with Gasteiger partial charge < -0.3 is 5.11 Å². The Balaban J connectivity index is 0.000000561. The van der Waals surface area contributed by atoms with E-state index in [0.29, 0.717) is 5.56 Å². The second-order valence-corrected chi connectivity index (χ2v) is 2.92. The highest BCUT2D eigenvalue weighted by Crippen LogP contribution is 2.16. The molecule has 0 aromatic carbocycles. The number of hydrogen-bond acceptors (Lipinski definition) is 2. The Morgan fingerprint density at radius 2 is 2.17 bits per heavy atom. The van der Waals surface area contributed by atoms with E-state index in [2.05, 4.69) is 0 Å². The zero-order valence-electron chi connectivity index (χ0n) is 7.63. The van der Waals surface area contributed by atoms with E-state index in [1.807, 2.05) is 26.2 Å². The summed E-state index contributed by atoms with van der Waals surface area (Å²) in [6.07, 6.45) is 0.805. The molecule has 0 fully saturated rings. The molecule has 0 saturated carbocycles. The maximum atomic E-state index is 10.4. The third kappa shape index (κ3) is 2.66. The highest BCUT2D eigenvalue weighted by Gasteiger charge is 2.08. The number of thiophene rings is 1. The summed E-state index contributed by atoms with van der Waals surface area (Å²) in [6.45, 7) is 5.96. The summed E-state index contributed by atoms with van der Waals surface area (Å²) in [4.78, 5) is 11.4. The summed E-state index contributed by atoms with van der Waals surface area (Å²) < 4.78 is 0. The van der Waals surface area contributed by atoms with E-state index in [0.717, 1.165) is 11.3 Å². The van der Waals surface area contributed by atoms with Gasteiger partial charge in [0.2, 0.25) is 0 Å². The topological polar surface area (TPSA) is 37.3 Å². The van der Waals surface area contributed by atoms with E-state index < -0.39 is 5.97 Å². The summed E-state index contributed by atoms with van der Waals surface area (Å²) in [5, 5.41) is 10.4. The predicted octanol–water partition coefficient (Wildman–Crippen LogP) is 3.03. The van der Waals surface area contributed by atoms with Gasteiger partial charge in [0.25, 0.3) is 0 Å². The van der Waals surface area contributed by atoms with Gasteiger partial charge in [-0.25, -0.2) is 4.79 Å². The third-order valence-electron chi connectivity index (χ3n) is 1.30. The fraction of sp³-hybridized carbons (Fsp3) is 0.444. The largest absolute Gasteiger partial charge is 0.478 e. The molecular formula is C9H14O2S. The fourth-order valence-electron chi connectivity index (χ4n) is 0.805. The maximum Gasteiger partial charge on any atom is 0.336 e. The number of carbonyl (C=O) groups is 1. The molecule has 0 aliphatic heterocycles. The quantitative estimate of drug-likeness (QED) is 0.770. The zero-order chi connectivity index (χ0) is 9.56. The lowest BCUT2D eigenvalue weighted by Gasteiger charge is -1.91. The molecule has 1 heterocycles. The Hall–Kier alpha value is -0.830. The van der Waals surface area contributed by atoms with E-state index in [1.54, 1.807) is 6.07 Å². The first-order valence-corrected chi connectivity index (χ1v) is 4.93. The first-order chi connectivity index (χ1) is 5.75. The van der Waals surface area contributed by atoms with Crippen LogP contribution in [0.5, 0.6) is 0 Å². The van der Waals surface area contributed by atoms with Crippen molar-refractivity contribution in [2.75, 3.05) is 0 Å². The van der Waals surface area contributed by atoms with E-state index in [1.165, 1.54) is 11.3 Å². The molecule has 1 N–H and O–H groups in total. The highest BCUT2D eigenvalue weighted by molar-refractivity contribution is 7.10. The molecule has 1 aromatic heterocycles. The first-order valence-electron chi connectivity index (χ1n) is 4.05. The molecule has 3 heteroatoms. The lowest BCUT2D eigenvalue weighted by molar-refractivity contribution is 0.0696. The fourth-order valence-corrected chi connectivity index (χ4v) is 1.62. The minimum Gasteiger partial charge on any atom is -0.478 e. The van der Waals surface area contributed by atoms with Crippen LogP contribution in [0.25, 0.3) is 0 Å². The van der Waals surface area contributed by atoms with E-state index >= 15 is 0 Å². The lowest BCUT2D eigenvalue weighted by Crippen LogP contribution is -1.96. The third-order valence-corrected chi connectivity index (χ3v) is 2.36. The highest BCUT2D eigenvalue weighted by atomic mass is 32.1. The van der Waals surface area contributed by atoms with Gasteiger partial charge in [0.1, 0.15) is 0 Å². The second-order valence-electron chi connectivity index (χ2n) is 1.92. The molecule has 68 valence electrons. The summed E-state index contributed by atoms with van der Waals surface area (Å²) in [5.74, 6) is -0.821. The number of rotatable bonds is 2. The van der Waals surface area contributed by atoms with Gasteiger partial charge in [0.15, 0.2) is 0 Å². The molecule has 2 nitrogen and oxygen atoms in total. The Bertz CT molecular complexity index is 240. The van der Waals surface area contributed by atoms with Crippen LogP contribution in [0.3, 0.4) is 0 Å². The predicted molar refractivity (Wildman–Crippen MR) is 52.0 cm³/mol. The van der Waals surface area contributed by atoms with Crippen LogP contribution in [0.1, 0.15) is 36.0 Å². The molecule has 0 bridgehead atoms. The minimum atomic E-state index is -0.821. The van der Waals surface area contributed by atoms with Crippen molar-refractivity contribution in [3.63, 3.8) is 0 Å². The van der Waals surface area contributed by atoms with Crippen molar-refractivity contribution in [3.8, 4) is 0 Å². The summed E-state index contributed by atoms with van der Waals surface area (Å²) in [5.41, 5.74) is 0.451. The van der Waals surface area contributed by atoms with Crippen LogP contribution in [-0.4, -0.2) is 11.1 Å². The molecule has 0 radical (unpaired) electrons. The molecule has 0 spiro atoms. The number of aryl methyl sites for hydroxylation is 1. The molecule has 0 aliphatic rings. The van der Waals surface area contributed by atoms with Crippen LogP contribution in [0.2, 0.25) is 0 Å². The second kappa shape index (κ2) is 5.77. The van der Waals surface area contributed by atoms with Gasteiger partial charge in [-0.05, 0) is 17.9 Å². The van der Waals surface area contributed by atoms with Crippen molar-refractivity contribution in [3.05, 3.63) is 21.9 Å². The Kier molecular flexibility index (Phi) is 5.37. The van der Waals surface area contributed by atoms with Crippen LogP contribution >= 0.6 is 11.3 Å². The standard InChI is InChI=1S/C7H8O2S.C2H6/c1-2-6-5(7(8)9)3-4-10-6;1-2/h3-4H,2H2,1H3,(H,8,9);1-2H3. The van der Waals surface area contributed by atoms with E-state index in [-0.39, 0.29) is 0 Å². The lowest BCUT2D eigenvalue weighted by atomic mass is 10.2. The van der Waals surface area contributed by atoms with Crippen LogP contribution in [0.15, 0.2) is 11.4 Å². The van der Waals surface area contributed by atoms with E-state index in [4.69, 9.17) is 5.11 Å². The van der Waals surface area contributed by atoms with Crippen LogP contribution in [-0.2, 0) is 6.42 Å². The summed E-state index contributed by atoms with van der Waals surface area (Å²) >= 11 is 1.50. The molecule has 1 rings (SSSR count). The van der Waals surface area contributed by atoms with Crippen LogP contribution in [0, 0.1) is 0 Å². The maximum absolute atomic E-state index is 10.4. The van der Waals surface area contributed by atoms with Crippen molar-refractivity contribution in [1.82, 2.24) is 0 Å². The van der Waals surface area contributed by atoms with Gasteiger partial charge in [-0.15, -0.1) is 11.3 Å². The number of carboxylic acids is 1. The molecule has 0 saturated heterocycles. The Morgan fingerprint density at radius 3 is 2.50 bits per heavy atom. The Morgan fingerprint density at radius 1 is 1.58 bits per heavy atom. The minimum absolute atomic E-state index is 0.451. The average molecular weight is 186 g/mol. The normalized spacial score (nSPS) is 8.58. The van der Waals surface area contributed by atoms with Crippen LogP contribution < -0.4 is 0 Å². The summed E-state index contributed by atoms with van der Waals surface area (Å²) in [7, 11) is 0. The molecule has 0 atom stereocenters. The summed E-state index contributed by atoms with van der Waals surface area (Å²) in [6, 6.07) is 1.64. The SMILES string of the molecule is CC.CCc1sccc1C(=O)O. The molecule has 0 amide bonds. The van der Waals surface area contributed by atoms with Crippen LogP contribution in [0.4, 0.5) is 0 Å². The number of hydrogen-bond donors (Lipinski definition) is 1. The molecule has 1 aromatic rings. The van der Waals surface area contributed by atoms with Gasteiger partial charge in [-0.2, -0.15) is 0 Å². The monoisotopic (exact) mass is 186 g/mol. The first kappa shape index (κ1) is 11.2. The van der Waals surface area contributed by atoms with Gasteiger partial charge in [0, 0.05) is 4.88 Å². The molecular weight excluding hydrogens is 172 g/mol. The number of carboxylic acid groups (broad SMARTS) is 1. The molecule has 0 aliphatic carbocycles. The van der Waals surface area contributed by atoms with Gasteiger partial charge in [0.05, 0.1) is 5.56 Å².